The molecule has 120 valence electrons. The Bertz CT molecular complexity index is 547. The normalized spacial score (nSPS) is 24.6. The van der Waals surface area contributed by atoms with Gasteiger partial charge in [0.05, 0.1) is 5.60 Å². The molecule has 1 saturated carbocycles. The lowest BCUT2D eigenvalue weighted by Gasteiger charge is -2.25. The highest BCUT2D eigenvalue weighted by molar-refractivity contribution is 5.94. The van der Waals surface area contributed by atoms with Gasteiger partial charge in [0.2, 0.25) is 0 Å². The summed E-state index contributed by atoms with van der Waals surface area (Å²) in [4.78, 5) is 14.9. The Kier molecular flexibility index (Phi) is 4.26. The average molecular weight is 301 g/mol. The van der Waals surface area contributed by atoms with Crippen molar-refractivity contribution in [3.63, 3.8) is 0 Å². The highest BCUT2D eigenvalue weighted by Gasteiger charge is 2.37. The Balaban J connectivity index is 1.70. The molecule has 1 saturated heterocycles. The van der Waals surface area contributed by atoms with Gasteiger partial charge in [-0.2, -0.15) is 0 Å². The Morgan fingerprint density at radius 2 is 2.18 bits per heavy atom. The van der Waals surface area contributed by atoms with Crippen LogP contribution >= 0.6 is 0 Å². The molecule has 0 unspecified atom stereocenters. The summed E-state index contributed by atoms with van der Waals surface area (Å²) in [5.41, 5.74) is 1.28. The maximum atomic E-state index is 12.8. The average Bonchev–Trinajstić information content (AvgIpc) is 2.78. The minimum absolute atomic E-state index is 0.194. The number of aliphatic hydroxyl groups is 1. The van der Waals surface area contributed by atoms with E-state index in [0.29, 0.717) is 12.5 Å². The predicted octanol–water partition coefficient (Wildman–Crippen LogP) is 3.40. The van der Waals surface area contributed by atoms with E-state index in [9.17, 15) is 9.90 Å². The van der Waals surface area contributed by atoms with Gasteiger partial charge in [-0.1, -0.05) is 18.6 Å². The molecule has 0 spiro atoms. The van der Waals surface area contributed by atoms with E-state index in [1.807, 2.05) is 38.1 Å². The zero-order valence-electron chi connectivity index (χ0n) is 13.7. The first kappa shape index (κ1) is 15.5. The molecule has 0 radical (unpaired) electrons. The van der Waals surface area contributed by atoms with Gasteiger partial charge in [-0.25, -0.2) is 0 Å². The smallest absolute Gasteiger partial charge is 0.254 e. The van der Waals surface area contributed by atoms with Crippen molar-refractivity contribution in [2.24, 2.45) is 5.92 Å². The monoisotopic (exact) mass is 301 g/mol. The van der Waals surface area contributed by atoms with Gasteiger partial charge in [-0.3, -0.25) is 4.79 Å². The zero-order chi connectivity index (χ0) is 15.7. The molecule has 2 atom stereocenters. The standard InChI is InChI=1S/C19H27NO2/c1-19(2,22)10-9-14-5-3-7-16(11-14)18(21)20-13-15-6-4-8-17(20)12-15/h3,5,7,11,15,17,22H,4,6,8-10,12-13H2,1-2H3/t15-,17+/m1/s1. The van der Waals surface area contributed by atoms with Crippen LogP contribution in [0.5, 0.6) is 0 Å². The van der Waals surface area contributed by atoms with Crippen LogP contribution in [-0.4, -0.2) is 34.1 Å². The van der Waals surface area contributed by atoms with Crippen LogP contribution in [0.3, 0.4) is 0 Å². The Labute approximate surface area is 133 Å². The summed E-state index contributed by atoms with van der Waals surface area (Å²) in [6.45, 7) is 4.59. The molecule has 2 aliphatic rings. The molecule has 3 heteroatoms. The third-order valence-electron chi connectivity index (χ3n) is 5.11. The van der Waals surface area contributed by atoms with Crippen molar-refractivity contribution < 1.29 is 9.90 Å². The maximum absolute atomic E-state index is 12.8. The molecule has 1 amide bonds. The molecule has 1 aromatic rings. The van der Waals surface area contributed by atoms with E-state index in [4.69, 9.17) is 0 Å². The molecule has 1 N–H and O–H groups in total. The van der Waals surface area contributed by atoms with E-state index in [1.54, 1.807) is 0 Å². The van der Waals surface area contributed by atoms with Gasteiger partial charge in [0, 0.05) is 18.2 Å². The number of aryl methyl sites for hydroxylation is 1. The highest BCUT2D eigenvalue weighted by atomic mass is 16.3. The second-order valence-electron chi connectivity index (χ2n) is 7.66. The predicted molar refractivity (Wildman–Crippen MR) is 87.8 cm³/mol. The van der Waals surface area contributed by atoms with Crippen LogP contribution in [-0.2, 0) is 6.42 Å². The fourth-order valence-corrected chi connectivity index (χ4v) is 3.86. The van der Waals surface area contributed by atoms with Gasteiger partial charge < -0.3 is 10.0 Å². The molecule has 1 aliphatic carbocycles. The van der Waals surface area contributed by atoms with Crippen LogP contribution in [0.15, 0.2) is 24.3 Å². The van der Waals surface area contributed by atoms with Crippen LogP contribution in [0.1, 0.15) is 61.9 Å². The Morgan fingerprint density at radius 1 is 1.36 bits per heavy atom. The number of nitrogens with zero attached hydrogens (tertiary/aromatic N) is 1. The molecule has 3 rings (SSSR count). The largest absolute Gasteiger partial charge is 0.390 e. The molecule has 2 fully saturated rings. The number of carbonyl (C=O) groups is 1. The van der Waals surface area contributed by atoms with Crippen LogP contribution in [0.4, 0.5) is 0 Å². The molecule has 2 bridgehead atoms. The summed E-state index contributed by atoms with van der Waals surface area (Å²) < 4.78 is 0. The van der Waals surface area contributed by atoms with E-state index in [-0.39, 0.29) is 5.91 Å². The maximum Gasteiger partial charge on any atom is 0.254 e. The van der Waals surface area contributed by atoms with Crippen molar-refractivity contribution >= 4 is 5.91 Å². The molecule has 0 aromatic heterocycles. The van der Waals surface area contributed by atoms with Gasteiger partial charge in [0.15, 0.2) is 0 Å². The number of fused-ring (bicyclic) bond motifs is 2. The van der Waals surface area contributed by atoms with Crippen LogP contribution < -0.4 is 0 Å². The summed E-state index contributed by atoms with van der Waals surface area (Å²) in [5.74, 6) is 0.917. The van der Waals surface area contributed by atoms with Gasteiger partial charge >= 0.3 is 0 Å². The first-order valence-electron chi connectivity index (χ1n) is 8.55. The summed E-state index contributed by atoms with van der Waals surface area (Å²) in [6.07, 6.45) is 6.43. The third kappa shape index (κ3) is 3.52. The van der Waals surface area contributed by atoms with Gasteiger partial charge in [-0.05, 0) is 69.6 Å². The number of benzene rings is 1. The molecule has 1 aliphatic heterocycles. The topological polar surface area (TPSA) is 40.5 Å². The van der Waals surface area contributed by atoms with E-state index < -0.39 is 5.60 Å². The van der Waals surface area contributed by atoms with Crippen LogP contribution in [0.25, 0.3) is 0 Å². The van der Waals surface area contributed by atoms with Gasteiger partial charge in [0.25, 0.3) is 5.91 Å². The Hall–Kier alpha value is -1.35. The lowest BCUT2D eigenvalue weighted by atomic mass is 9.90. The quantitative estimate of drug-likeness (QED) is 0.926. The molecule has 1 aromatic carbocycles. The van der Waals surface area contributed by atoms with Crippen LogP contribution in [0, 0.1) is 5.92 Å². The first-order chi connectivity index (χ1) is 10.4. The lowest BCUT2D eigenvalue weighted by molar-refractivity contribution is 0.0714. The number of hydrogen-bond donors (Lipinski definition) is 1. The number of amides is 1. The number of carbonyl (C=O) groups excluding carboxylic acids is 1. The van der Waals surface area contributed by atoms with Crippen molar-refractivity contribution in [3.8, 4) is 0 Å². The zero-order valence-corrected chi connectivity index (χ0v) is 13.7. The fourth-order valence-electron chi connectivity index (χ4n) is 3.86. The van der Waals surface area contributed by atoms with Crippen molar-refractivity contribution in [1.29, 1.82) is 0 Å². The number of rotatable bonds is 4. The molecular formula is C19H27NO2. The van der Waals surface area contributed by atoms with Crippen molar-refractivity contribution in [2.45, 2.75) is 64.0 Å². The molecule has 22 heavy (non-hydrogen) atoms. The molecule has 1 heterocycles. The van der Waals surface area contributed by atoms with Crippen molar-refractivity contribution in [1.82, 2.24) is 4.90 Å². The second kappa shape index (κ2) is 6.04. The highest BCUT2D eigenvalue weighted by Crippen LogP contribution is 2.36. The van der Waals surface area contributed by atoms with Gasteiger partial charge in [-0.15, -0.1) is 0 Å². The summed E-state index contributed by atoms with van der Waals surface area (Å²) in [5, 5.41) is 9.86. The lowest BCUT2D eigenvalue weighted by Crippen LogP contribution is -2.35. The molecule has 3 nitrogen and oxygen atoms in total. The third-order valence-corrected chi connectivity index (χ3v) is 5.11. The SMILES string of the molecule is CC(C)(O)CCc1cccc(C(=O)N2C[C@@H]3CCC[C@H]2C3)c1. The van der Waals surface area contributed by atoms with E-state index >= 15 is 0 Å². The van der Waals surface area contributed by atoms with Crippen molar-refractivity contribution in [2.75, 3.05) is 6.54 Å². The summed E-state index contributed by atoms with van der Waals surface area (Å²) in [6, 6.07) is 8.42. The van der Waals surface area contributed by atoms with E-state index in [2.05, 4.69) is 4.90 Å². The fraction of sp³-hybridized carbons (Fsp3) is 0.632. The molecular weight excluding hydrogens is 274 g/mol. The second-order valence-corrected chi connectivity index (χ2v) is 7.66. The van der Waals surface area contributed by atoms with Crippen molar-refractivity contribution in [3.05, 3.63) is 35.4 Å². The minimum atomic E-state index is -0.661. The number of hydrogen-bond acceptors (Lipinski definition) is 2. The van der Waals surface area contributed by atoms with Crippen LogP contribution in [0.2, 0.25) is 0 Å². The Morgan fingerprint density at radius 3 is 2.91 bits per heavy atom. The minimum Gasteiger partial charge on any atom is -0.390 e. The van der Waals surface area contributed by atoms with Gasteiger partial charge in [0.1, 0.15) is 0 Å². The number of likely N-dealkylation sites (tertiary alicyclic amines) is 1. The summed E-state index contributed by atoms with van der Waals surface area (Å²) in [7, 11) is 0. The first-order valence-corrected chi connectivity index (χ1v) is 8.55. The summed E-state index contributed by atoms with van der Waals surface area (Å²) >= 11 is 0. The van der Waals surface area contributed by atoms with E-state index in [0.717, 1.165) is 30.0 Å². The van der Waals surface area contributed by atoms with E-state index in [1.165, 1.54) is 25.7 Å².